The van der Waals surface area contributed by atoms with Crippen LogP contribution in [0.25, 0.3) is 28.2 Å². The van der Waals surface area contributed by atoms with Crippen LogP contribution in [-0.2, 0) is 11.3 Å². The zero-order valence-electron chi connectivity index (χ0n) is 17.3. The van der Waals surface area contributed by atoms with E-state index in [4.69, 9.17) is 4.74 Å². The summed E-state index contributed by atoms with van der Waals surface area (Å²) in [7, 11) is 0. The second-order valence-electron chi connectivity index (χ2n) is 7.91. The molecule has 0 spiro atoms. The number of hydrogen-bond donors (Lipinski definition) is 4. The summed E-state index contributed by atoms with van der Waals surface area (Å²) in [5, 5.41) is 9.97. The Kier molecular flexibility index (Phi) is 4.51. The Labute approximate surface area is 182 Å². The number of rotatable bonds is 5. The predicted octanol–water partition coefficient (Wildman–Crippen LogP) is 2.62. The Morgan fingerprint density at radius 1 is 1.19 bits per heavy atom. The molecular formula is C22H22N8O2. The molecule has 0 unspecified atom stereocenters. The highest BCUT2D eigenvalue weighted by molar-refractivity contribution is 6.04. The summed E-state index contributed by atoms with van der Waals surface area (Å²) in [6.07, 6.45) is 5.22. The number of anilines is 1. The van der Waals surface area contributed by atoms with Crippen molar-refractivity contribution in [2.24, 2.45) is 0 Å². The molecule has 1 aliphatic heterocycles. The number of fused-ring (bicyclic) bond motifs is 2. The molecule has 5 heterocycles. The van der Waals surface area contributed by atoms with Gasteiger partial charge in [0.1, 0.15) is 17.0 Å². The van der Waals surface area contributed by atoms with Crippen molar-refractivity contribution in [3.8, 4) is 11.5 Å². The van der Waals surface area contributed by atoms with Crippen molar-refractivity contribution in [2.45, 2.75) is 6.54 Å². The van der Waals surface area contributed by atoms with Gasteiger partial charge in [0.05, 0.1) is 36.1 Å². The van der Waals surface area contributed by atoms with Crippen molar-refractivity contribution in [2.75, 3.05) is 31.6 Å². The molecule has 0 aliphatic carbocycles. The van der Waals surface area contributed by atoms with Crippen LogP contribution in [0.4, 0.5) is 5.69 Å². The van der Waals surface area contributed by atoms with Crippen LogP contribution in [-0.4, -0.2) is 66.7 Å². The van der Waals surface area contributed by atoms with E-state index in [1.807, 2.05) is 28.8 Å². The number of hydrogen-bond acceptors (Lipinski definition) is 5. The van der Waals surface area contributed by atoms with Gasteiger partial charge in [0, 0.05) is 32.0 Å². The molecule has 4 N–H and O–H groups in total. The molecule has 1 aromatic carbocycles. The maximum absolute atomic E-state index is 12.7. The van der Waals surface area contributed by atoms with Gasteiger partial charge < -0.3 is 24.4 Å². The SMILES string of the molecule is O=C(Nc1cn[nH]c1-c1nc2ccc(CN3CCOCC3)cc2[nH]1)c1cn2cccc2[nH]1. The Morgan fingerprint density at radius 3 is 2.97 bits per heavy atom. The smallest absolute Gasteiger partial charge is 0.273 e. The van der Waals surface area contributed by atoms with Crippen LogP contribution in [0.1, 0.15) is 16.1 Å². The highest BCUT2D eigenvalue weighted by Gasteiger charge is 2.17. The number of benzene rings is 1. The molecule has 1 fully saturated rings. The molecule has 1 aliphatic rings. The van der Waals surface area contributed by atoms with Crippen LogP contribution in [0.2, 0.25) is 0 Å². The van der Waals surface area contributed by atoms with Gasteiger partial charge in [-0.15, -0.1) is 0 Å². The molecule has 6 rings (SSSR count). The first kappa shape index (κ1) is 18.8. The molecule has 0 radical (unpaired) electrons. The van der Waals surface area contributed by atoms with Crippen molar-refractivity contribution in [1.29, 1.82) is 0 Å². The molecular weight excluding hydrogens is 408 g/mol. The van der Waals surface area contributed by atoms with Crippen LogP contribution in [0.5, 0.6) is 0 Å². The Hall–Kier alpha value is -3.89. The monoisotopic (exact) mass is 430 g/mol. The van der Waals surface area contributed by atoms with E-state index in [1.165, 1.54) is 5.56 Å². The summed E-state index contributed by atoms with van der Waals surface area (Å²) in [4.78, 5) is 26.2. The van der Waals surface area contributed by atoms with Crippen molar-refractivity contribution < 1.29 is 9.53 Å². The number of carbonyl (C=O) groups excluding carboxylic acids is 1. The van der Waals surface area contributed by atoms with Crippen LogP contribution in [0.15, 0.2) is 48.9 Å². The minimum atomic E-state index is -0.250. The average molecular weight is 430 g/mol. The summed E-state index contributed by atoms with van der Waals surface area (Å²) in [5.74, 6) is 0.371. The number of nitrogens with zero attached hydrogens (tertiary/aromatic N) is 4. The first-order valence-electron chi connectivity index (χ1n) is 10.5. The molecule has 1 saturated heterocycles. The molecule has 10 heteroatoms. The number of H-pyrrole nitrogens is 3. The number of imidazole rings is 2. The van der Waals surface area contributed by atoms with Gasteiger partial charge in [-0.25, -0.2) is 4.98 Å². The molecule has 0 atom stereocenters. The first-order chi connectivity index (χ1) is 15.7. The third-order valence-electron chi connectivity index (χ3n) is 5.74. The minimum absolute atomic E-state index is 0.250. The lowest BCUT2D eigenvalue weighted by Gasteiger charge is -2.26. The molecule has 162 valence electrons. The predicted molar refractivity (Wildman–Crippen MR) is 119 cm³/mol. The fourth-order valence-corrected chi connectivity index (χ4v) is 4.08. The summed E-state index contributed by atoms with van der Waals surface area (Å²) < 4.78 is 7.29. The molecule has 32 heavy (non-hydrogen) atoms. The van der Waals surface area contributed by atoms with Gasteiger partial charge in [0.2, 0.25) is 0 Å². The van der Waals surface area contributed by atoms with E-state index in [9.17, 15) is 4.79 Å². The minimum Gasteiger partial charge on any atom is -0.379 e. The third-order valence-corrected chi connectivity index (χ3v) is 5.74. The third kappa shape index (κ3) is 3.45. The summed E-state index contributed by atoms with van der Waals surface area (Å²) in [5.41, 5.74) is 5.52. The van der Waals surface area contributed by atoms with Crippen molar-refractivity contribution >= 4 is 28.3 Å². The average Bonchev–Trinajstić information content (AvgIpc) is 3.57. The van der Waals surface area contributed by atoms with E-state index >= 15 is 0 Å². The number of nitrogens with one attached hydrogen (secondary N) is 4. The van der Waals surface area contributed by atoms with E-state index in [1.54, 1.807) is 12.4 Å². The molecule has 4 aromatic heterocycles. The topological polar surface area (TPSA) is 119 Å². The maximum Gasteiger partial charge on any atom is 0.273 e. The van der Waals surface area contributed by atoms with Gasteiger partial charge >= 0.3 is 0 Å². The number of aromatic nitrogens is 6. The Balaban J connectivity index is 1.24. The van der Waals surface area contributed by atoms with Gasteiger partial charge in [-0.1, -0.05) is 6.07 Å². The van der Waals surface area contributed by atoms with Crippen LogP contribution in [0, 0.1) is 0 Å². The van der Waals surface area contributed by atoms with Crippen molar-refractivity contribution in [3.05, 3.63) is 60.2 Å². The summed E-state index contributed by atoms with van der Waals surface area (Å²) >= 11 is 0. The summed E-state index contributed by atoms with van der Waals surface area (Å²) in [6.45, 7) is 4.33. The second kappa shape index (κ2) is 7.66. The summed E-state index contributed by atoms with van der Waals surface area (Å²) in [6, 6.07) is 10.1. The van der Waals surface area contributed by atoms with E-state index in [0.29, 0.717) is 22.9 Å². The quantitative estimate of drug-likeness (QED) is 0.342. The van der Waals surface area contributed by atoms with E-state index in [2.05, 4.69) is 47.5 Å². The number of morpholine rings is 1. The molecule has 10 nitrogen and oxygen atoms in total. The fraction of sp³-hybridized carbons (Fsp3) is 0.227. The van der Waals surface area contributed by atoms with Gasteiger partial charge in [0.25, 0.3) is 5.91 Å². The van der Waals surface area contributed by atoms with Gasteiger partial charge in [-0.05, 0) is 29.8 Å². The van der Waals surface area contributed by atoms with E-state index < -0.39 is 0 Å². The van der Waals surface area contributed by atoms with Crippen molar-refractivity contribution in [1.82, 2.24) is 34.4 Å². The Morgan fingerprint density at radius 2 is 2.09 bits per heavy atom. The molecule has 0 saturated carbocycles. The molecule has 5 aromatic rings. The van der Waals surface area contributed by atoms with Crippen LogP contribution in [0.3, 0.4) is 0 Å². The first-order valence-corrected chi connectivity index (χ1v) is 10.5. The van der Waals surface area contributed by atoms with E-state index in [-0.39, 0.29) is 5.91 Å². The highest BCUT2D eigenvalue weighted by atomic mass is 16.5. The van der Waals surface area contributed by atoms with Crippen molar-refractivity contribution in [3.63, 3.8) is 0 Å². The zero-order chi connectivity index (χ0) is 21.5. The molecule has 1 amide bonds. The van der Waals surface area contributed by atoms with Crippen LogP contribution >= 0.6 is 0 Å². The number of amides is 1. The highest BCUT2D eigenvalue weighted by Crippen LogP contribution is 2.26. The number of carbonyl (C=O) groups is 1. The number of aromatic amines is 3. The van der Waals surface area contributed by atoms with Gasteiger partial charge in [-0.3, -0.25) is 14.8 Å². The van der Waals surface area contributed by atoms with Gasteiger partial charge in [-0.2, -0.15) is 5.10 Å². The fourth-order valence-electron chi connectivity index (χ4n) is 4.08. The zero-order valence-corrected chi connectivity index (χ0v) is 17.3. The second-order valence-corrected chi connectivity index (χ2v) is 7.91. The van der Waals surface area contributed by atoms with E-state index in [0.717, 1.165) is 49.5 Å². The molecule has 0 bridgehead atoms. The lowest BCUT2D eigenvalue weighted by Crippen LogP contribution is -2.35. The number of ether oxygens (including phenoxy) is 1. The largest absolute Gasteiger partial charge is 0.379 e. The lowest BCUT2D eigenvalue weighted by molar-refractivity contribution is 0.0342. The van der Waals surface area contributed by atoms with Crippen LogP contribution < -0.4 is 5.32 Å². The maximum atomic E-state index is 12.7. The lowest BCUT2D eigenvalue weighted by atomic mass is 10.2. The van der Waals surface area contributed by atoms with Gasteiger partial charge in [0.15, 0.2) is 5.82 Å². The Bertz CT molecular complexity index is 1370. The standard InChI is InChI=1S/C22H22N8O2/c31-22(18-13-30-5-1-2-19(30)24-18)27-17-11-23-28-20(17)21-25-15-4-3-14(10-16(15)26-21)12-29-6-8-32-9-7-29/h1-5,10-11,13,24H,6-9,12H2,(H,23,28)(H,25,26)(H,27,31). The normalized spacial score (nSPS) is 15.0.